The van der Waals surface area contributed by atoms with Crippen LogP contribution in [0.3, 0.4) is 0 Å². The first-order chi connectivity index (χ1) is 8.22. The van der Waals surface area contributed by atoms with Crippen LogP contribution in [0.4, 0.5) is 0 Å². The standard InChI is InChI=1S/C14H30N2O/c1-4-17-10-6-9-16-8-5-7-14(12-16)11-15-13(2)3/h13-15H,4-12H2,1-3H3. The number of likely N-dealkylation sites (tertiary alicyclic amines) is 1. The van der Waals surface area contributed by atoms with Crippen LogP contribution in [0.15, 0.2) is 0 Å². The molecule has 0 aromatic carbocycles. The Bertz CT molecular complexity index is 185. The van der Waals surface area contributed by atoms with Crippen molar-refractivity contribution in [2.75, 3.05) is 39.4 Å². The molecule has 1 heterocycles. The lowest BCUT2D eigenvalue weighted by Gasteiger charge is -2.33. The Morgan fingerprint density at radius 2 is 2.24 bits per heavy atom. The van der Waals surface area contributed by atoms with Crippen molar-refractivity contribution in [3.63, 3.8) is 0 Å². The first kappa shape index (κ1) is 14.9. The van der Waals surface area contributed by atoms with E-state index in [4.69, 9.17) is 4.74 Å². The molecule has 0 bridgehead atoms. The highest BCUT2D eigenvalue weighted by atomic mass is 16.5. The van der Waals surface area contributed by atoms with Crippen molar-refractivity contribution in [2.45, 2.75) is 46.1 Å². The largest absolute Gasteiger partial charge is 0.382 e. The van der Waals surface area contributed by atoms with Gasteiger partial charge in [0.1, 0.15) is 0 Å². The molecule has 3 nitrogen and oxygen atoms in total. The molecule has 0 amide bonds. The van der Waals surface area contributed by atoms with Crippen LogP contribution in [-0.4, -0.2) is 50.3 Å². The van der Waals surface area contributed by atoms with Gasteiger partial charge >= 0.3 is 0 Å². The van der Waals surface area contributed by atoms with Crippen LogP contribution in [0.25, 0.3) is 0 Å². The minimum Gasteiger partial charge on any atom is -0.382 e. The third-order valence-corrected chi connectivity index (χ3v) is 3.39. The summed E-state index contributed by atoms with van der Waals surface area (Å²) in [5, 5.41) is 3.56. The Balaban J connectivity index is 2.10. The normalized spacial score (nSPS) is 22.2. The van der Waals surface area contributed by atoms with E-state index < -0.39 is 0 Å². The van der Waals surface area contributed by atoms with E-state index >= 15 is 0 Å². The molecule has 0 aromatic rings. The highest BCUT2D eigenvalue weighted by Gasteiger charge is 2.19. The smallest absolute Gasteiger partial charge is 0.0478 e. The molecule has 1 aliphatic rings. The third-order valence-electron chi connectivity index (χ3n) is 3.39. The molecule has 0 saturated carbocycles. The highest BCUT2D eigenvalue weighted by Crippen LogP contribution is 2.16. The number of piperidine rings is 1. The highest BCUT2D eigenvalue weighted by molar-refractivity contribution is 4.75. The lowest BCUT2D eigenvalue weighted by molar-refractivity contribution is 0.117. The van der Waals surface area contributed by atoms with Crippen molar-refractivity contribution >= 4 is 0 Å². The van der Waals surface area contributed by atoms with Crippen LogP contribution in [0, 0.1) is 5.92 Å². The topological polar surface area (TPSA) is 24.5 Å². The second-order valence-electron chi connectivity index (χ2n) is 5.42. The van der Waals surface area contributed by atoms with Crippen molar-refractivity contribution < 1.29 is 4.74 Å². The summed E-state index contributed by atoms with van der Waals surface area (Å²) in [6.45, 7) is 13.2. The van der Waals surface area contributed by atoms with Gasteiger partial charge in [0.2, 0.25) is 0 Å². The van der Waals surface area contributed by atoms with E-state index in [1.54, 1.807) is 0 Å². The number of hydrogen-bond donors (Lipinski definition) is 1. The maximum Gasteiger partial charge on any atom is 0.0478 e. The van der Waals surface area contributed by atoms with Crippen molar-refractivity contribution in [3.8, 4) is 0 Å². The van der Waals surface area contributed by atoms with Crippen LogP contribution >= 0.6 is 0 Å². The van der Waals surface area contributed by atoms with Crippen molar-refractivity contribution in [1.82, 2.24) is 10.2 Å². The van der Waals surface area contributed by atoms with Crippen molar-refractivity contribution in [1.29, 1.82) is 0 Å². The monoisotopic (exact) mass is 242 g/mol. The minimum atomic E-state index is 0.614. The summed E-state index contributed by atoms with van der Waals surface area (Å²) in [6.07, 6.45) is 3.93. The third kappa shape index (κ3) is 7.02. The van der Waals surface area contributed by atoms with Crippen LogP contribution in [-0.2, 0) is 4.74 Å². The number of nitrogens with one attached hydrogen (secondary N) is 1. The Morgan fingerprint density at radius 1 is 1.41 bits per heavy atom. The average molecular weight is 242 g/mol. The number of hydrogen-bond acceptors (Lipinski definition) is 3. The SMILES string of the molecule is CCOCCCN1CCCC(CNC(C)C)C1. The van der Waals surface area contributed by atoms with E-state index in [0.29, 0.717) is 6.04 Å². The zero-order valence-corrected chi connectivity index (χ0v) is 11.9. The first-order valence-electron chi connectivity index (χ1n) is 7.25. The molecule has 1 N–H and O–H groups in total. The fraction of sp³-hybridized carbons (Fsp3) is 1.00. The van der Waals surface area contributed by atoms with Gasteiger partial charge < -0.3 is 15.0 Å². The summed E-state index contributed by atoms with van der Waals surface area (Å²) in [7, 11) is 0. The average Bonchev–Trinajstić information content (AvgIpc) is 2.33. The molecule has 1 aliphatic heterocycles. The predicted octanol–water partition coefficient (Wildman–Crippen LogP) is 2.12. The van der Waals surface area contributed by atoms with Gasteiger partial charge in [-0.15, -0.1) is 0 Å². The lowest BCUT2D eigenvalue weighted by Crippen LogP contribution is -2.41. The van der Waals surface area contributed by atoms with E-state index in [2.05, 4.69) is 31.0 Å². The number of rotatable bonds is 8. The van der Waals surface area contributed by atoms with Gasteiger partial charge in [0.05, 0.1) is 0 Å². The second-order valence-corrected chi connectivity index (χ2v) is 5.42. The van der Waals surface area contributed by atoms with Crippen LogP contribution < -0.4 is 5.32 Å². The molecule has 0 spiro atoms. The maximum atomic E-state index is 5.39. The fourth-order valence-corrected chi connectivity index (χ4v) is 2.46. The summed E-state index contributed by atoms with van der Waals surface area (Å²) in [5.41, 5.74) is 0. The van der Waals surface area contributed by atoms with Gasteiger partial charge in [-0.25, -0.2) is 0 Å². The molecule has 1 saturated heterocycles. The van der Waals surface area contributed by atoms with Gasteiger partial charge in [-0.3, -0.25) is 0 Å². The quantitative estimate of drug-likeness (QED) is 0.660. The molecule has 1 fully saturated rings. The van der Waals surface area contributed by atoms with Crippen LogP contribution in [0.1, 0.15) is 40.0 Å². The maximum absolute atomic E-state index is 5.39. The molecule has 17 heavy (non-hydrogen) atoms. The second kappa shape index (κ2) is 8.90. The van der Waals surface area contributed by atoms with E-state index in [0.717, 1.165) is 19.1 Å². The van der Waals surface area contributed by atoms with Gasteiger partial charge in [0.15, 0.2) is 0 Å². The fourth-order valence-electron chi connectivity index (χ4n) is 2.46. The first-order valence-corrected chi connectivity index (χ1v) is 7.25. The Labute approximate surface area is 107 Å². The van der Waals surface area contributed by atoms with Gasteiger partial charge in [-0.2, -0.15) is 0 Å². The zero-order chi connectivity index (χ0) is 12.5. The van der Waals surface area contributed by atoms with Gasteiger partial charge in [0.25, 0.3) is 0 Å². The van der Waals surface area contributed by atoms with Gasteiger partial charge in [0, 0.05) is 32.3 Å². The summed E-state index contributed by atoms with van der Waals surface area (Å²) in [5.74, 6) is 0.846. The van der Waals surface area contributed by atoms with E-state index in [-0.39, 0.29) is 0 Å². The Kier molecular flexibility index (Phi) is 7.82. The van der Waals surface area contributed by atoms with E-state index in [1.165, 1.54) is 45.4 Å². The van der Waals surface area contributed by atoms with E-state index in [1.807, 2.05) is 0 Å². The molecule has 0 aliphatic carbocycles. The summed E-state index contributed by atoms with van der Waals surface area (Å²) in [4.78, 5) is 2.61. The Hall–Kier alpha value is -0.120. The predicted molar refractivity (Wildman–Crippen MR) is 73.4 cm³/mol. The zero-order valence-electron chi connectivity index (χ0n) is 11.9. The molecule has 1 atom stereocenters. The molecule has 3 heteroatoms. The van der Waals surface area contributed by atoms with Crippen molar-refractivity contribution in [2.24, 2.45) is 5.92 Å². The van der Waals surface area contributed by atoms with Crippen LogP contribution in [0.2, 0.25) is 0 Å². The molecule has 0 radical (unpaired) electrons. The summed E-state index contributed by atoms with van der Waals surface area (Å²) < 4.78 is 5.39. The minimum absolute atomic E-state index is 0.614. The molecule has 102 valence electrons. The molecule has 1 rings (SSSR count). The molecule has 0 aromatic heterocycles. The molecular weight excluding hydrogens is 212 g/mol. The summed E-state index contributed by atoms with van der Waals surface area (Å²) in [6, 6.07) is 0.614. The number of ether oxygens (including phenoxy) is 1. The number of nitrogens with zero attached hydrogens (tertiary/aromatic N) is 1. The van der Waals surface area contributed by atoms with Crippen LogP contribution in [0.5, 0.6) is 0 Å². The van der Waals surface area contributed by atoms with E-state index in [9.17, 15) is 0 Å². The van der Waals surface area contributed by atoms with Gasteiger partial charge in [-0.1, -0.05) is 13.8 Å². The van der Waals surface area contributed by atoms with Crippen molar-refractivity contribution in [3.05, 3.63) is 0 Å². The molecule has 1 unspecified atom stereocenters. The molecular formula is C14H30N2O. The van der Waals surface area contributed by atoms with Gasteiger partial charge in [-0.05, 0) is 45.2 Å². The Morgan fingerprint density at radius 3 is 2.94 bits per heavy atom. The lowest BCUT2D eigenvalue weighted by atomic mass is 9.97. The summed E-state index contributed by atoms with van der Waals surface area (Å²) >= 11 is 0.